The van der Waals surface area contributed by atoms with Crippen molar-refractivity contribution in [2.24, 2.45) is 7.05 Å². The quantitative estimate of drug-likeness (QED) is 0.105. The summed E-state index contributed by atoms with van der Waals surface area (Å²) in [5.41, 5.74) is -1.49. The monoisotopic (exact) mass is 890 g/mol. The highest BCUT2D eigenvalue weighted by Crippen LogP contribution is 2.51. The first kappa shape index (κ1) is 43.9. The molecule has 2 N–H and O–H groups in total. The van der Waals surface area contributed by atoms with Gasteiger partial charge in [0.05, 0.1) is 40.5 Å². The number of aryl methyl sites for hydroxylation is 1. The molecule has 1 amide bonds. The lowest BCUT2D eigenvalue weighted by Crippen LogP contribution is -2.49. The summed E-state index contributed by atoms with van der Waals surface area (Å²) in [6.07, 6.45) is -3.31. The van der Waals surface area contributed by atoms with E-state index in [1.807, 2.05) is 13.8 Å². The average molecular weight is 891 g/mol. The number of benzene rings is 2. The highest BCUT2D eigenvalue weighted by Gasteiger charge is 2.50. The zero-order valence-corrected chi connectivity index (χ0v) is 35.2. The minimum absolute atomic E-state index is 0.0663. The Morgan fingerprint density at radius 2 is 1.79 bits per heavy atom. The number of morpholine rings is 1. The molecular formula is C41H41ClF6N8O4S. The van der Waals surface area contributed by atoms with Gasteiger partial charge in [0, 0.05) is 49.3 Å². The van der Waals surface area contributed by atoms with Crippen molar-refractivity contribution in [2.75, 3.05) is 37.2 Å². The first-order chi connectivity index (χ1) is 28.6. The van der Waals surface area contributed by atoms with Gasteiger partial charge in [-0.25, -0.2) is 31.0 Å². The minimum Gasteiger partial charge on any atom is -0.360 e. The molecule has 0 saturated carbocycles. The van der Waals surface area contributed by atoms with Crippen molar-refractivity contribution in [1.29, 1.82) is 0 Å². The zero-order chi connectivity index (χ0) is 44.2. The summed E-state index contributed by atoms with van der Waals surface area (Å²) in [4.78, 5) is 21.1. The van der Waals surface area contributed by atoms with Gasteiger partial charge in [-0.05, 0) is 67.6 Å². The summed E-state index contributed by atoms with van der Waals surface area (Å²) in [5.74, 6) is -1.18. The van der Waals surface area contributed by atoms with Crippen molar-refractivity contribution in [1.82, 2.24) is 34.8 Å². The molecular weight excluding hydrogens is 850 g/mol. The Morgan fingerprint density at radius 3 is 2.46 bits per heavy atom. The third-order valence-corrected chi connectivity index (χ3v) is 11.5. The molecule has 3 aromatic heterocycles. The van der Waals surface area contributed by atoms with Crippen molar-refractivity contribution in [3.05, 3.63) is 93.0 Å². The van der Waals surface area contributed by atoms with Gasteiger partial charge >= 0.3 is 0 Å². The third-order valence-electron chi connectivity index (χ3n) is 10.6. The summed E-state index contributed by atoms with van der Waals surface area (Å²) in [6.45, 7) is 6.74. The van der Waals surface area contributed by atoms with E-state index in [1.54, 1.807) is 25.2 Å². The number of alkyl halides is 4. The number of amides is 1. The lowest BCUT2D eigenvalue weighted by Gasteiger charge is -2.36. The van der Waals surface area contributed by atoms with Gasteiger partial charge in [0.25, 0.3) is 12.3 Å². The second-order valence-electron chi connectivity index (χ2n) is 15.5. The predicted octanol–water partition coefficient (Wildman–Crippen LogP) is 7.23. The third kappa shape index (κ3) is 9.22. The van der Waals surface area contributed by atoms with Gasteiger partial charge in [-0.3, -0.25) is 23.8 Å². The molecule has 1 saturated heterocycles. The number of sulfonamides is 1. The molecule has 7 rings (SSSR count). The Morgan fingerprint density at radius 1 is 1.08 bits per heavy atom. The van der Waals surface area contributed by atoms with Crippen molar-refractivity contribution in [3.8, 4) is 23.0 Å². The molecule has 1 aliphatic heterocycles. The van der Waals surface area contributed by atoms with Gasteiger partial charge < -0.3 is 10.1 Å². The van der Waals surface area contributed by atoms with Crippen molar-refractivity contribution in [3.63, 3.8) is 0 Å². The number of rotatable bonds is 11. The predicted molar refractivity (Wildman–Crippen MR) is 216 cm³/mol. The molecule has 0 spiro atoms. The number of aromatic nitrogens is 5. The normalized spacial score (nSPS) is 19.5. The van der Waals surface area contributed by atoms with Gasteiger partial charge in [0.1, 0.15) is 40.9 Å². The Labute approximate surface area is 352 Å². The molecule has 3 atom stereocenters. The van der Waals surface area contributed by atoms with E-state index in [-0.39, 0.29) is 45.2 Å². The number of ether oxygens (including phenoxy) is 1. The van der Waals surface area contributed by atoms with Crippen LogP contribution in [0.2, 0.25) is 5.02 Å². The van der Waals surface area contributed by atoms with E-state index >= 15 is 8.78 Å². The van der Waals surface area contributed by atoms with E-state index in [1.165, 1.54) is 17.7 Å². The van der Waals surface area contributed by atoms with Crippen LogP contribution in [-0.2, 0) is 45.5 Å². The van der Waals surface area contributed by atoms with Crippen LogP contribution in [0.15, 0.2) is 42.5 Å². The number of fused-ring (bicyclic) bond motifs is 2. The van der Waals surface area contributed by atoms with Crippen molar-refractivity contribution < 1.29 is 44.3 Å². The topological polar surface area (TPSA) is 136 Å². The Hall–Kier alpha value is -5.16. The first-order valence-corrected chi connectivity index (χ1v) is 21.5. The molecule has 4 heterocycles. The molecule has 61 heavy (non-hydrogen) atoms. The summed E-state index contributed by atoms with van der Waals surface area (Å²) < 4.78 is 123. The molecule has 5 aromatic rings. The number of carbonyl (C=O) groups excluding carboxylic acids is 1. The number of nitrogens with one attached hydrogen (secondary N) is 2. The van der Waals surface area contributed by atoms with E-state index < -0.39 is 81.8 Å². The highest BCUT2D eigenvalue weighted by molar-refractivity contribution is 7.92. The second-order valence-corrected chi connectivity index (χ2v) is 17.7. The molecule has 1 aliphatic carbocycles. The molecule has 2 aliphatic rings. The van der Waals surface area contributed by atoms with E-state index in [0.29, 0.717) is 40.5 Å². The van der Waals surface area contributed by atoms with Crippen LogP contribution in [-0.4, -0.2) is 81.9 Å². The van der Waals surface area contributed by atoms with E-state index in [9.17, 15) is 30.8 Å². The standard InChI is InChI=1S/C41H41ClF6N8O4S/c1-6-55-13-14-60-40(3,21-55)12-11-26-7-8-27(28-9-10-29(42)33-36(28)54(4)52-39(33)53-61(5,58)59)34(49-26)30(17-23-15-24(43)18-25(44)16-23)50-31(57)20-56-37-32(35(51-56)38(45)46)22(2)19-41(37,47)48/h7-10,15-16,18,22,30,38H,6,13-14,17,19-21H2,1-5H3,(H,50,57)(H,52,53)/t22-,30?,40+/m0/s1. The molecule has 1 fully saturated rings. The second kappa shape index (κ2) is 16.6. The van der Waals surface area contributed by atoms with Crippen LogP contribution in [0.4, 0.5) is 32.2 Å². The van der Waals surface area contributed by atoms with E-state index in [0.717, 1.165) is 31.5 Å². The van der Waals surface area contributed by atoms with Gasteiger partial charge in [0.15, 0.2) is 5.82 Å². The number of likely N-dealkylation sites (N-methyl/N-ethyl adjacent to an activating group) is 1. The maximum atomic E-state index is 15.3. The Bertz CT molecular complexity index is 2700. The summed E-state index contributed by atoms with van der Waals surface area (Å²) >= 11 is 6.64. The van der Waals surface area contributed by atoms with Crippen molar-refractivity contribution >= 4 is 44.3 Å². The maximum absolute atomic E-state index is 15.3. The summed E-state index contributed by atoms with van der Waals surface area (Å²) in [5, 5.41) is 11.2. The number of anilines is 1. The van der Waals surface area contributed by atoms with Crippen LogP contribution >= 0.6 is 11.6 Å². The SMILES string of the molecule is CCN1CCO[C@](C)(C#Cc2ccc(-c3ccc(Cl)c4c(NS(C)(=O)=O)nn(C)c34)c(C(Cc3cc(F)cc(F)c3)NC(=O)Cn3nc(C(F)F)c4c3C(F)(F)C[C@@H]4C)n2)C1. The van der Waals surface area contributed by atoms with Crippen LogP contribution in [0.1, 0.15) is 79.5 Å². The van der Waals surface area contributed by atoms with Gasteiger partial charge in [-0.15, -0.1) is 0 Å². The maximum Gasteiger partial charge on any atom is 0.290 e. The largest absolute Gasteiger partial charge is 0.360 e. The van der Waals surface area contributed by atoms with Gasteiger partial charge in [-0.2, -0.15) is 19.0 Å². The fraction of sp³-hybridized carbons (Fsp3) is 0.415. The van der Waals surface area contributed by atoms with Crippen LogP contribution in [0.25, 0.3) is 22.0 Å². The number of hydrogen-bond acceptors (Lipinski definition) is 8. The lowest BCUT2D eigenvalue weighted by molar-refractivity contribution is -0.122. The summed E-state index contributed by atoms with van der Waals surface area (Å²) in [6, 6.07) is 7.82. The van der Waals surface area contributed by atoms with E-state index in [2.05, 4.69) is 37.0 Å². The number of halogens is 7. The Kier molecular flexibility index (Phi) is 12.0. The molecule has 20 heteroatoms. The first-order valence-electron chi connectivity index (χ1n) is 19.2. The number of hydrogen-bond donors (Lipinski definition) is 2. The molecule has 2 aromatic carbocycles. The smallest absolute Gasteiger partial charge is 0.290 e. The minimum atomic E-state index is -3.83. The number of carbonyl (C=O) groups is 1. The van der Waals surface area contributed by atoms with Gasteiger partial charge in [-0.1, -0.05) is 37.4 Å². The molecule has 12 nitrogen and oxygen atoms in total. The lowest BCUT2D eigenvalue weighted by atomic mass is 9.93. The number of pyridine rings is 1. The number of nitrogens with zero attached hydrogens (tertiary/aromatic N) is 6. The molecule has 0 bridgehead atoms. The Balaban J connectivity index is 1.40. The zero-order valence-electron chi connectivity index (χ0n) is 33.6. The fourth-order valence-corrected chi connectivity index (χ4v) is 8.89. The van der Waals surface area contributed by atoms with Crippen LogP contribution in [0.5, 0.6) is 0 Å². The van der Waals surface area contributed by atoms with E-state index in [4.69, 9.17) is 21.3 Å². The molecule has 1 unspecified atom stereocenters. The highest BCUT2D eigenvalue weighted by atomic mass is 35.5. The summed E-state index contributed by atoms with van der Waals surface area (Å²) in [7, 11) is -2.28. The van der Waals surface area contributed by atoms with Crippen molar-refractivity contribution in [2.45, 2.75) is 70.1 Å². The molecule has 324 valence electrons. The fourth-order valence-electron chi connectivity index (χ4n) is 8.15. The average Bonchev–Trinajstić information content (AvgIpc) is 3.79. The van der Waals surface area contributed by atoms with Crippen LogP contribution < -0.4 is 10.0 Å². The van der Waals surface area contributed by atoms with Crippen LogP contribution in [0, 0.1) is 23.5 Å². The molecule has 0 radical (unpaired) electrons. The van der Waals surface area contributed by atoms with Gasteiger partial charge in [0.2, 0.25) is 15.9 Å². The van der Waals surface area contributed by atoms with Crippen LogP contribution in [0.3, 0.4) is 0 Å².